The van der Waals surface area contributed by atoms with Crippen LogP contribution < -0.4 is 5.73 Å². The average molecular weight is 253 g/mol. The molecule has 0 aliphatic heterocycles. The summed E-state index contributed by atoms with van der Waals surface area (Å²) in [6, 6.07) is 3.92. The van der Waals surface area contributed by atoms with Gasteiger partial charge in [-0.1, -0.05) is 18.6 Å². The number of hydrogen-bond acceptors (Lipinski definition) is 2. The highest BCUT2D eigenvalue weighted by Crippen LogP contribution is 2.43. The van der Waals surface area contributed by atoms with Crippen LogP contribution in [0, 0.1) is 17.0 Å². The molecular formula is C14H17F2NO. The van der Waals surface area contributed by atoms with Gasteiger partial charge in [0.2, 0.25) is 0 Å². The second kappa shape index (κ2) is 5.14. The number of rotatable bonds is 5. The number of carbonyl (C=O) groups excluding carboxylic acids is 1. The molecule has 0 saturated heterocycles. The minimum absolute atomic E-state index is 0.0503. The van der Waals surface area contributed by atoms with Gasteiger partial charge in [-0.2, -0.15) is 0 Å². The molecule has 1 aromatic rings. The summed E-state index contributed by atoms with van der Waals surface area (Å²) < 4.78 is 26.4. The summed E-state index contributed by atoms with van der Waals surface area (Å²) in [4.78, 5) is 11.9. The lowest BCUT2D eigenvalue weighted by molar-refractivity contribution is -0.122. The van der Waals surface area contributed by atoms with E-state index in [1.54, 1.807) is 0 Å². The van der Waals surface area contributed by atoms with Gasteiger partial charge in [0.1, 0.15) is 5.78 Å². The molecule has 0 spiro atoms. The van der Waals surface area contributed by atoms with Crippen LogP contribution in [0.15, 0.2) is 18.2 Å². The van der Waals surface area contributed by atoms with Gasteiger partial charge in [0.05, 0.1) is 0 Å². The molecule has 18 heavy (non-hydrogen) atoms. The molecular weight excluding hydrogens is 236 g/mol. The largest absolute Gasteiger partial charge is 0.330 e. The summed E-state index contributed by atoms with van der Waals surface area (Å²) in [6.45, 7) is 0.490. The van der Waals surface area contributed by atoms with Crippen molar-refractivity contribution in [3.05, 3.63) is 35.4 Å². The third kappa shape index (κ3) is 2.58. The van der Waals surface area contributed by atoms with Crippen LogP contribution in [0.25, 0.3) is 0 Å². The normalized spacial score (nSPS) is 17.3. The van der Waals surface area contributed by atoms with Crippen molar-refractivity contribution >= 4 is 5.78 Å². The lowest BCUT2D eigenvalue weighted by atomic mass is 9.65. The molecule has 2 nitrogen and oxygen atoms in total. The predicted octanol–water partition coefficient (Wildman–Crippen LogP) is 2.60. The molecule has 0 amide bonds. The fraction of sp³-hybridized carbons (Fsp3) is 0.500. The van der Waals surface area contributed by atoms with E-state index < -0.39 is 11.6 Å². The summed E-state index contributed by atoms with van der Waals surface area (Å²) in [5, 5.41) is 0. The van der Waals surface area contributed by atoms with E-state index in [0.29, 0.717) is 13.0 Å². The van der Waals surface area contributed by atoms with Gasteiger partial charge in [0.15, 0.2) is 11.6 Å². The lowest BCUT2D eigenvalue weighted by Crippen LogP contribution is -2.39. The first-order chi connectivity index (χ1) is 8.56. The van der Waals surface area contributed by atoms with E-state index in [1.807, 2.05) is 0 Å². The zero-order valence-electron chi connectivity index (χ0n) is 10.2. The zero-order chi connectivity index (χ0) is 13.2. The molecule has 0 atom stereocenters. The van der Waals surface area contributed by atoms with Crippen LogP contribution in [-0.4, -0.2) is 12.3 Å². The zero-order valence-corrected chi connectivity index (χ0v) is 10.2. The second-order valence-electron chi connectivity index (χ2n) is 5.16. The third-order valence-corrected chi connectivity index (χ3v) is 3.84. The molecule has 0 heterocycles. The first-order valence-corrected chi connectivity index (χ1v) is 6.21. The van der Waals surface area contributed by atoms with Crippen molar-refractivity contribution in [1.82, 2.24) is 0 Å². The number of hydrogen-bond donors (Lipinski definition) is 1. The smallest absolute Gasteiger partial charge is 0.162 e. The van der Waals surface area contributed by atoms with E-state index in [2.05, 4.69) is 0 Å². The maximum Gasteiger partial charge on any atom is 0.162 e. The second-order valence-corrected chi connectivity index (χ2v) is 5.16. The highest BCUT2D eigenvalue weighted by molar-refractivity contribution is 5.81. The lowest BCUT2D eigenvalue weighted by Gasteiger charge is -2.40. The quantitative estimate of drug-likeness (QED) is 0.876. The van der Waals surface area contributed by atoms with E-state index in [-0.39, 0.29) is 23.2 Å². The summed E-state index contributed by atoms with van der Waals surface area (Å²) >= 11 is 0. The SMILES string of the molecule is NCC1(CC(=O)Cc2cccc(F)c2F)CCC1. The Labute approximate surface area is 105 Å². The Morgan fingerprint density at radius 1 is 1.33 bits per heavy atom. The van der Waals surface area contributed by atoms with Crippen LogP contribution in [0.2, 0.25) is 0 Å². The van der Waals surface area contributed by atoms with Crippen LogP contribution in [-0.2, 0) is 11.2 Å². The molecule has 1 aliphatic rings. The number of ketones is 1. The summed E-state index contributed by atoms with van der Waals surface area (Å²) in [5.74, 6) is -1.89. The van der Waals surface area contributed by atoms with Gasteiger partial charge in [-0.3, -0.25) is 4.79 Å². The highest BCUT2D eigenvalue weighted by Gasteiger charge is 2.37. The van der Waals surface area contributed by atoms with Crippen molar-refractivity contribution < 1.29 is 13.6 Å². The average Bonchev–Trinajstić information content (AvgIpc) is 2.30. The van der Waals surface area contributed by atoms with Gasteiger partial charge < -0.3 is 5.73 Å². The van der Waals surface area contributed by atoms with Crippen molar-refractivity contribution in [1.29, 1.82) is 0 Å². The molecule has 1 aliphatic carbocycles. The monoisotopic (exact) mass is 253 g/mol. The Hall–Kier alpha value is -1.29. The Morgan fingerprint density at radius 2 is 2.06 bits per heavy atom. The van der Waals surface area contributed by atoms with Crippen molar-refractivity contribution in [2.24, 2.45) is 11.1 Å². The fourth-order valence-electron chi connectivity index (χ4n) is 2.51. The van der Waals surface area contributed by atoms with E-state index in [1.165, 1.54) is 12.1 Å². The number of carbonyl (C=O) groups is 1. The van der Waals surface area contributed by atoms with Crippen molar-refractivity contribution in [2.45, 2.75) is 32.1 Å². The van der Waals surface area contributed by atoms with Gasteiger partial charge in [0, 0.05) is 12.8 Å². The molecule has 1 fully saturated rings. The highest BCUT2D eigenvalue weighted by atomic mass is 19.2. The van der Waals surface area contributed by atoms with Crippen LogP contribution in [0.4, 0.5) is 8.78 Å². The Kier molecular flexibility index (Phi) is 3.76. The Balaban J connectivity index is 2.01. The summed E-state index contributed by atoms with van der Waals surface area (Å²) in [5.41, 5.74) is 5.73. The van der Waals surface area contributed by atoms with Crippen molar-refractivity contribution in [3.8, 4) is 0 Å². The third-order valence-electron chi connectivity index (χ3n) is 3.84. The predicted molar refractivity (Wildman–Crippen MR) is 65.0 cm³/mol. The van der Waals surface area contributed by atoms with Gasteiger partial charge in [-0.25, -0.2) is 8.78 Å². The molecule has 0 bridgehead atoms. The minimum atomic E-state index is -0.916. The van der Waals surface area contributed by atoms with Crippen LogP contribution >= 0.6 is 0 Å². The van der Waals surface area contributed by atoms with Crippen LogP contribution in [0.3, 0.4) is 0 Å². The van der Waals surface area contributed by atoms with Crippen molar-refractivity contribution in [3.63, 3.8) is 0 Å². The first kappa shape index (κ1) is 13.1. The number of benzene rings is 1. The minimum Gasteiger partial charge on any atom is -0.330 e. The Bertz CT molecular complexity index is 450. The van der Waals surface area contributed by atoms with Gasteiger partial charge in [-0.05, 0) is 36.4 Å². The number of Topliss-reactive ketones (excluding diaryl/α,β-unsaturated/α-hetero) is 1. The summed E-state index contributed by atoms with van der Waals surface area (Å²) in [7, 11) is 0. The van der Waals surface area contributed by atoms with Crippen LogP contribution in [0.5, 0.6) is 0 Å². The molecule has 0 unspecified atom stereocenters. The molecule has 1 saturated carbocycles. The first-order valence-electron chi connectivity index (χ1n) is 6.21. The topological polar surface area (TPSA) is 43.1 Å². The van der Waals surface area contributed by atoms with Crippen molar-refractivity contribution in [2.75, 3.05) is 6.54 Å². The standard InChI is InChI=1S/C14H17F2NO/c15-12-4-1-3-10(13(12)16)7-11(18)8-14(9-17)5-2-6-14/h1,3-4H,2,5-9,17H2. The fourth-order valence-corrected chi connectivity index (χ4v) is 2.51. The van der Waals surface area contributed by atoms with Gasteiger partial charge >= 0.3 is 0 Å². The molecule has 4 heteroatoms. The van der Waals surface area contributed by atoms with Gasteiger partial charge in [0.25, 0.3) is 0 Å². The summed E-state index contributed by atoms with van der Waals surface area (Å²) in [6.07, 6.45) is 3.34. The molecule has 0 radical (unpaired) electrons. The number of halogens is 2. The van der Waals surface area contributed by atoms with Gasteiger partial charge in [-0.15, -0.1) is 0 Å². The molecule has 1 aromatic carbocycles. The van der Waals surface area contributed by atoms with Crippen LogP contribution in [0.1, 0.15) is 31.2 Å². The maximum atomic E-state index is 13.4. The Morgan fingerprint density at radius 3 is 2.61 bits per heavy atom. The molecule has 2 N–H and O–H groups in total. The molecule has 98 valence electrons. The van der Waals surface area contributed by atoms with E-state index in [9.17, 15) is 13.6 Å². The van der Waals surface area contributed by atoms with E-state index in [0.717, 1.165) is 25.3 Å². The van der Waals surface area contributed by atoms with E-state index >= 15 is 0 Å². The number of nitrogens with two attached hydrogens (primary N) is 1. The molecule has 2 rings (SSSR count). The maximum absolute atomic E-state index is 13.4. The molecule has 0 aromatic heterocycles. The van der Waals surface area contributed by atoms with E-state index in [4.69, 9.17) is 5.73 Å².